The molecule has 5 heteroatoms. The Bertz CT molecular complexity index is 308. The van der Waals surface area contributed by atoms with Crippen LogP contribution in [0.25, 0.3) is 0 Å². The largest absolute Gasteiger partial charge is 0.380 e. The highest BCUT2D eigenvalue weighted by atomic mass is 16.5. The van der Waals surface area contributed by atoms with Crippen LogP contribution in [0.15, 0.2) is 6.33 Å². The van der Waals surface area contributed by atoms with E-state index in [0.717, 1.165) is 18.9 Å². The maximum atomic E-state index is 5.17. The van der Waals surface area contributed by atoms with Gasteiger partial charge in [0.1, 0.15) is 6.33 Å². The number of aromatic nitrogens is 3. The van der Waals surface area contributed by atoms with E-state index in [9.17, 15) is 0 Å². The first-order valence-corrected chi connectivity index (χ1v) is 5.42. The summed E-state index contributed by atoms with van der Waals surface area (Å²) >= 11 is 0. The SMILES string of the molecule is COC(C)Cn1cnc(CNC2CC2)n1. The van der Waals surface area contributed by atoms with Gasteiger partial charge in [-0.05, 0) is 19.8 Å². The van der Waals surface area contributed by atoms with Crippen molar-refractivity contribution in [2.75, 3.05) is 7.11 Å². The Morgan fingerprint density at radius 2 is 2.47 bits per heavy atom. The highest BCUT2D eigenvalue weighted by Crippen LogP contribution is 2.18. The molecule has 1 aliphatic carbocycles. The molecule has 1 fully saturated rings. The van der Waals surface area contributed by atoms with Crippen molar-refractivity contribution in [2.24, 2.45) is 0 Å². The average Bonchev–Trinajstić information content (AvgIpc) is 2.97. The summed E-state index contributed by atoms with van der Waals surface area (Å²) in [5.74, 6) is 0.866. The van der Waals surface area contributed by atoms with Gasteiger partial charge in [0.15, 0.2) is 5.82 Å². The van der Waals surface area contributed by atoms with E-state index in [4.69, 9.17) is 4.74 Å². The molecule has 0 radical (unpaired) electrons. The van der Waals surface area contributed by atoms with Gasteiger partial charge < -0.3 is 10.1 Å². The summed E-state index contributed by atoms with van der Waals surface area (Å²) in [7, 11) is 1.71. The van der Waals surface area contributed by atoms with Crippen molar-refractivity contribution >= 4 is 0 Å². The van der Waals surface area contributed by atoms with Crippen molar-refractivity contribution < 1.29 is 4.74 Å². The summed E-state index contributed by atoms with van der Waals surface area (Å²) in [5, 5.41) is 7.74. The molecule has 1 unspecified atom stereocenters. The van der Waals surface area contributed by atoms with Crippen LogP contribution in [0.4, 0.5) is 0 Å². The lowest BCUT2D eigenvalue weighted by molar-refractivity contribution is 0.0996. The zero-order valence-corrected chi connectivity index (χ0v) is 9.31. The fourth-order valence-electron chi connectivity index (χ4n) is 1.36. The molecule has 1 atom stereocenters. The summed E-state index contributed by atoms with van der Waals surface area (Å²) < 4.78 is 7.00. The van der Waals surface area contributed by atoms with Crippen LogP contribution < -0.4 is 5.32 Å². The molecule has 0 saturated heterocycles. The van der Waals surface area contributed by atoms with Gasteiger partial charge in [-0.15, -0.1) is 0 Å². The molecule has 84 valence electrons. The van der Waals surface area contributed by atoms with E-state index >= 15 is 0 Å². The minimum Gasteiger partial charge on any atom is -0.380 e. The number of methoxy groups -OCH3 is 1. The maximum absolute atomic E-state index is 5.17. The molecular formula is C10H18N4O. The lowest BCUT2D eigenvalue weighted by Crippen LogP contribution is -2.18. The van der Waals surface area contributed by atoms with E-state index < -0.39 is 0 Å². The normalized spacial score (nSPS) is 18.0. The molecule has 1 heterocycles. The number of ether oxygens (including phenoxy) is 1. The van der Waals surface area contributed by atoms with Gasteiger partial charge in [0, 0.05) is 13.2 Å². The van der Waals surface area contributed by atoms with E-state index in [-0.39, 0.29) is 6.10 Å². The molecule has 0 aliphatic heterocycles. The van der Waals surface area contributed by atoms with E-state index in [1.165, 1.54) is 12.8 Å². The van der Waals surface area contributed by atoms with E-state index in [1.54, 1.807) is 13.4 Å². The fraction of sp³-hybridized carbons (Fsp3) is 0.800. The highest BCUT2D eigenvalue weighted by Gasteiger charge is 2.20. The van der Waals surface area contributed by atoms with Gasteiger partial charge in [-0.25, -0.2) is 4.98 Å². The number of rotatable bonds is 6. The molecule has 0 spiro atoms. The minimum absolute atomic E-state index is 0.177. The van der Waals surface area contributed by atoms with Crippen LogP contribution in [0, 0.1) is 0 Å². The smallest absolute Gasteiger partial charge is 0.164 e. The van der Waals surface area contributed by atoms with Crippen molar-refractivity contribution in [2.45, 2.75) is 45.0 Å². The quantitative estimate of drug-likeness (QED) is 0.745. The Morgan fingerprint density at radius 3 is 3.13 bits per heavy atom. The number of hydrogen-bond acceptors (Lipinski definition) is 4. The summed E-state index contributed by atoms with van der Waals surface area (Å²) in [6, 6.07) is 0.704. The van der Waals surface area contributed by atoms with Crippen LogP contribution in [0.5, 0.6) is 0 Å². The third-order valence-corrected chi connectivity index (χ3v) is 2.56. The molecule has 1 aliphatic rings. The van der Waals surface area contributed by atoms with E-state index in [0.29, 0.717) is 6.04 Å². The van der Waals surface area contributed by atoms with E-state index in [2.05, 4.69) is 15.4 Å². The fourth-order valence-corrected chi connectivity index (χ4v) is 1.36. The number of nitrogens with zero attached hydrogens (tertiary/aromatic N) is 3. The summed E-state index contributed by atoms with van der Waals surface area (Å²) in [6.45, 7) is 3.55. The van der Waals surface area contributed by atoms with Crippen LogP contribution in [-0.4, -0.2) is 34.0 Å². The van der Waals surface area contributed by atoms with Gasteiger partial charge in [-0.1, -0.05) is 0 Å². The predicted molar refractivity (Wildman–Crippen MR) is 56.4 cm³/mol. The molecule has 1 N–H and O–H groups in total. The molecule has 1 aromatic heterocycles. The van der Waals surface area contributed by atoms with Gasteiger partial charge in [0.25, 0.3) is 0 Å². The molecular weight excluding hydrogens is 192 g/mol. The topological polar surface area (TPSA) is 52.0 Å². The van der Waals surface area contributed by atoms with Gasteiger partial charge in [-0.3, -0.25) is 4.68 Å². The molecule has 15 heavy (non-hydrogen) atoms. The molecule has 2 rings (SSSR count). The minimum atomic E-state index is 0.177. The average molecular weight is 210 g/mol. The second kappa shape index (κ2) is 4.72. The standard InChI is InChI=1S/C10H18N4O/c1-8(15-2)6-14-7-12-10(13-14)5-11-9-3-4-9/h7-9,11H,3-6H2,1-2H3. The highest BCUT2D eigenvalue weighted by molar-refractivity contribution is 4.87. The molecule has 1 saturated carbocycles. The molecule has 0 aromatic carbocycles. The van der Waals surface area contributed by atoms with Crippen LogP contribution in [0.2, 0.25) is 0 Å². The Labute approximate surface area is 89.8 Å². The number of nitrogens with one attached hydrogen (secondary N) is 1. The monoisotopic (exact) mass is 210 g/mol. The Kier molecular flexibility index (Phi) is 3.33. The molecule has 0 amide bonds. The van der Waals surface area contributed by atoms with Gasteiger partial charge >= 0.3 is 0 Å². The summed E-state index contributed by atoms with van der Waals surface area (Å²) in [4.78, 5) is 4.24. The third kappa shape index (κ3) is 3.28. The van der Waals surface area contributed by atoms with Gasteiger partial charge in [0.2, 0.25) is 0 Å². The van der Waals surface area contributed by atoms with Crippen molar-refractivity contribution in [1.29, 1.82) is 0 Å². The van der Waals surface area contributed by atoms with Crippen LogP contribution >= 0.6 is 0 Å². The zero-order chi connectivity index (χ0) is 10.7. The van der Waals surface area contributed by atoms with Crippen molar-refractivity contribution in [1.82, 2.24) is 20.1 Å². The summed E-state index contributed by atoms with van der Waals surface area (Å²) in [6.07, 6.45) is 4.53. The van der Waals surface area contributed by atoms with Crippen molar-refractivity contribution in [3.05, 3.63) is 12.2 Å². The first-order chi connectivity index (χ1) is 7.28. The molecule has 5 nitrogen and oxygen atoms in total. The first kappa shape index (κ1) is 10.6. The summed E-state index contributed by atoms with van der Waals surface area (Å²) in [5.41, 5.74) is 0. The lowest BCUT2D eigenvalue weighted by Gasteiger charge is -2.07. The van der Waals surface area contributed by atoms with Crippen LogP contribution in [0.1, 0.15) is 25.6 Å². The predicted octanol–water partition coefficient (Wildman–Crippen LogP) is 0.565. The van der Waals surface area contributed by atoms with Crippen molar-refractivity contribution in [3.63, 3.8) is 0 Å². The zero-order valence-electron chi connectivity index (χ0n) is 9.31. The van der Waals surface area contributed by atoms with Gasteiger partial charge in [-0.2, -0.15) is 5.10 Å². The van der Waals surface area contributed by atoms with Crippen molar-refractivity contribution in [3.8, 4) is 0 Å². The van der Waals surface area contributed by atoms with Crippen LogP contribution in [-0.2, 0) is 17.8 Å². The lowest BCUT2D eigenvalue weighted by atomic mass is 10.4. The van der Waals surface area contributed by atoms with Crippen LogP contribution in [0.3, 0.4) is 0 Å². The molecule has 0 bridgehead atoms. The second-order valence-electron chi connectivity index (χ2n) is 4.08. The third-order valence-electron chi connectivity index (χ3n) is 2.56. The first-order valence-electron chi connectivity index (χ1n) is 5.42. The Hall–Kier alpha value is -0.940. The Morgan fingerprint density at radius 1 is 1.67 bits per heavy atom. The second-order valence-corrected chi connectivity index (χ2v) is 4.08. The van der Waals surface area contributed by atoms with E-state index in [1.807, 2.05) is 11.6 Å². The molecule has 1 aromatic rings. The maximum Gasteiger partial charge on any atom is 0.164 e. The Balaban J connectivity index is 1.79. The number of hydrogen-bond donors (Lipinski definition) is 1. The van der Waals surface area contributed by atoms with Gasteiger partial charge in [0.05, 0.1) is 19.2 Å².